The molecule has 0 nitrogen and oxygen atoms in total. The molecule has 0 fully saturated rings. The molecule has 9 rings (SSSR count). The maximum absolute atomic E-state index is 4.57. The van der Waals surface area contributed by atoms with Gasteiger partial charge >= 0.3 is 27.0 Å². The van der Waals surface area contributed by atoms with Crippen molar-refractivity contribution in [3.63, 3.8) is 0 Å². The van der Waals surface area contributed by atoms with Gasteiger partial charge < -0.3 is 0 Å². The van der Waals surface area contributed by atoms with Gasteiger partial charge in [0.05, 0.1) is 48.9 Å². The van der Waals surface area contributed by atoms with Crippen LogP contribution < -0.4 is 42.4 Å². The van der Waals surface area contributed by atoms with Crippen molar-refractivity contribution in [3.8, 4) is 0 Å². The van der Waals surface area contributed by atoms with Crippen molar-refractivity contribution in [2.45, 2.75) is 0 Å². The SMILES string of the molecule is [Cl][Ru+].c1cc[cH-]c1.c1ccc(P(C[PH+](c2ccccc2)c2ccccc2)c2ccccc2)cc1.c1ccc(P(C[PH+](c2ccccc2)c2ccccc2)c2ccccc2)cc1. The second-order valence-electron chi connectivity index (χ2n) is 13.9. The molecule has 0 N–H and O–H groups in total. The van der Waals surface area contributed by atoms with E-state index in [4.69, 9.17) is 0 Å². The molecule has 304 valence electrons. The summed E-state index contributed by atoms with van der Waals surface area (Å²) >= 11 is 1.82. The Morgan fingerprint density at radius 3 is 0.672 bits per heavy atom. The maximum Gasteiger partial charge on any atom is 0.0970 e. The summed E-state index contributed by atoms with van der Waals surface area (Å²) in [5.74, 6) is 2.42. The van der Waals surface area contributed by atoms with Crippen LogP contribution in [0.25, 0.3) is 0 Å². The second kappa shape index (κ2) is 26.9. The number of hydrogen-bond donors (Lipinski definition) is 0. The van der Waals surface area contributed by atoms with Crippen LogP contribution in [-0.2, 0) is 17.3 Å². The minimum absolute atomic E-state index is 0.392. The summed E-state index contributed by atoms with van der Waals surface area (Å²) in [5.41, 5.74) is 0. The van der Waals surface area contributed by atoms with Crippen LogP contribution in [0.2, 0.25) is 0 Å². The first kappa shape index (κ1) is 46.3. The largest absolute Gasteiger partial charge is 0.214 e. The molecule has 0 atom stereocenters. The number of benzene rings is 8. The van der Waals surface area contributed by atoms with Crippen LogP contribution in [0.1, 0.15) is 0 Å². The standard InChI is InChI=1S/2C25H22P2.C5H5.ClH.Ru/c2*1-5-13-22(14-6-1)26(23-15-7-2-8-16-23)21-27(24-17-9-3-10-18-24)25-19-11-4-12-20-25;1-2-4-5-3-1;;/h2*1-20H,21H2;1-5H;1H;/q;;-1;;+2/p+1. The van der Waals surface area contributed by atoms with Gasteiger partial charge in [-0.25, -0.2) is 12.1 Å². The van der Waals surface area contributed by atoms with Gasteiger partial charge in [-0.2, -0.15) is 18.2 Å². The van der Waals surface area contributed by atoms with Crippen molar-refractivity contribution in [1.82, 2.24) is 0 Å². The van der Waals surface area contributed by atoms with E-state index in [-0.39, 0.29) is 0 Å². The van der Waals surface area contributed by atoms with E-state index in [2.05, 4.69) is 252 Å². The minimum atomic E-state index is -0.864. The average Bonchev–Trinajstić information content (AvgIpc) is 3.96. The summed E-state index contributed by atoms with van der Waals surface area (Å²) < 4.78 is 0. The molecule has 0 aromatic heterocycles. The fourth-order valence-corrected chi connectivity index (χ4v) is 21.1. The summed E-state index contributed by atoms with van der Waals surface area (Å²) in [5, 5.41) is 11.8. The Morgan fingerprint density at radius 1 is 0.295 bits per heavy atom. The Balaban J connectivity index is 0.000000176. The molecule has 0 spiro atoms. The van der Waals surface area contributed by atoms with E-state index in [1.807, 2.05) is 47.6 Å². The van der Waals surface area contributed by atoms with E-state index < -0.39 is 31.7 Å². The van der Waals surface area contributed by atoms with Crippen LogP contribution in [0.5, 0.6) is 0 Å². The molecule has 0 bridgehead atoms. The molecule has 0 heterocycles. The van der Waals surface area contributed by atoms with Crippen LogP contribution in [0, 0.1) is 0 Å². The fourth-order valence-electron chi connectivity index (χ4n) is 6.99. The maximum atomic E-state index is 4.57. The first-order valence-corrected chi connectivity index (χ1v) is 29.0. The Kier molecular flexibility index (Phi) is 20.4. The zero-order valence-electron chi connectivity index (χ0n) is 34.0. The summed E-state index contributed by atoms with van der Waals surface area (Å²) in [6.45, 7) is 0. The van der Waals surface area contributed by atoms with E-state index in [0.717, 1.165) is 0 Å². The molecule has 9 aromatic carbocycles. The van der Waals surface area contributed by atoms with Crippen LogP contribution in [0.4, 0.5) is 0 Å². The number of hydrogen-bond acceptors (Lipinski definition) is 0. The Morgan fingerprint density at radius 2 is 0.492 bits per heavy atom. The predicted octanol–water partition coefficient (Wildman–Crippen LogP) is 12.0. The van der Waals surface area contributed by atoms with Gasteiger partial charge in [0.25, 0.3) is 0 Å². The first-order valence-electron chi connectivity index (χ1n) is 20.3. The third-order valence-corrected chi connectivity index (χ3v) is 22.8. The van der Waals surface area contributed by atoms with Crippen LogP contribution in [-0.4, -0.2) is 11.8 Å². The molecule has 61 heavy (non-hydrogen) atoms. The van der Waals surface area contributed by atoms with Crippen molar-refractivity contribution in [3.05, 3.63) is 273 Å². The van der Waals surface area contributed by atoms with E-state index >= 15 is 0 Å². The molecule has 0 radical (unpaired) electrons. The molecule has 0 aliphatic carbocycles. The topological polar surface area (TPSA) is 0 Å². The van der Waals surface area contributed by atoms with Gasteiger partial charge in [-0.1, -0.05) is 194 Å². The van der Waals surface area contributed by atoms with Gasteiger partial charge in [0.15, 0.2) is 0 Å². The van der Waals surface area contributed by atoms with E-state index in [1.54, 1.807) is 0 Å². The zero-order chi connectivity index (χ0) is 42.2. The minimum Gasteiger partial charge on any atom is -0.214 e. The van der Waals surface area contributed by atoms with Crippen molar-refractivity contribution < 1.29 is 17.3 Å². The molecular formula is C55H51ClP4Ru+2. The van der Waals surface area contributed by atoms with Crippen LogP contribution >= 0.6 is 41.4 Å². The second-order valence-corrected chi connectivity index (χ2v) is 24.4. The monoisotopic (exact) mass is 972 g/mol. The van der Waals surface area contributed by atoms with Crippen molar-refractivity contribution in [2.24, 2.45) is 0 Å². The number of halogens is 1. The van der Waals surface area contributed by atoms with Gasteiger partial charge in [-0.3, -0.25) is 0 Å². The van der Waals surface area contributed by atoms with Gasteiger partial charge in [0.2, 0.25) is 0 Å². The van der Waals surface area contributed by atoms with Gasteiger partial charge in [-0.05, 0) is 85.6 Å². The van der Waals surface area contributed by atoms with Crippen molar-refractivity contribution in [1.29, 1.82) is 0 Å². The van der Waals surface area contributed by atoms with Gasteiger partial charge in [0.1, 0.15) is 0 Å². The molecule has 0 saturated carbocycles. The molecular weight excluding hydrogens is 921 g/mol. The molecule has 0 aliphatic heterocycles. The molecule has 0 saturated heterocycles. The summed E-state index contributed by atoms with van der Waals surface area (Å²) in [4.78, 5) is 0. The van der Waals surface area contributed by atoms with Gasteiger partial charge in [-0.15, -0.1) is 0 Å². The van der Waals surface area contributed by atoms with E-state index in [9.17, 15) is 0 Å². The van der Waals surface area contributed by atoms with Crippen molar-refractivity contribution in [2.75, 3.05) is 11.8 Å². The van der Waals surface area contributed by atoms with Crippen molar-refractivity contribution >= 4 is 83.8 Å². The smallest absolute Gasteiger partial charge is 0.0970 e. The van der Waals surface area contributed by atoms with E-state index in [0.29, 0.717) is 0 Å². The number of rotatable bonds is 12. The Hall–Kier alpha value is -4.26. The molecule has 0 aliphatic rings. The summed E-state index contributed by atoms with van der Waals surface area (Å²) in [7, 11) is 2.06. The third-order valence-electron chi connectivity index (χ3n) is 9.95. The quantitative estimate of drug-likeness (QED) is 0.0650. The summed E-state index contributed by atoms with van der Waals surface area (Å²) in [6, 6.07) is 98.6. The van der Waals surface area contributed by atoms with E-state index in [1.165, 1.54) is 54.2 Å². The first-order chi connectivity index (χ1) is 30.3. The predicted molar refractivity (Wildman–Crippen MR) is 277 cm³/mol. The van der Waals surface area contributed by atoms with Crippen LogP contribution in [0.3, 0.4) is 0 Å². The average molecular weight is 972 g/mol. The third kappa shape index (κ3) is 14.7. The molecule has 6 heteroatoms. The fraction of sp³-hybridized carbons (Fsp3) is 0.0364. The normalized spacial score (nSPS) is 10.5. The Labute approximate surface area is 383 Å². The van der Waals surface area contributed by atoms with Gasteiger partial charge in [0, 0.05) is 0 Å². The van der Waals surface area contributed by atoms with Crippen LogP contribution in [0.15, 0.2) is 273 Å². The summed E-state index contributed by atoms with van der Waals surface area (Å²) in [6.07, 6.45) is 0. The molecule has 0 amide bonds. The molecule has 0 unspecified atom stereocenters. The molecule has 9 aromatic rings. The Bertz CT molecular complexity index is 1930. The zero-order valence-corrected chi connectivity index (χ0v) is 40.3.